The molecule has 0 aliphatic carbocycles. The van der Waals surface area contributed by atoms with Crippen LogP contribution in [-0.4, -0.2) is 32.3 Å². The molecule has 192 valence electrons. The molecule has 3 rings (SSSR count). The van der Waals surface area contributed by atoms with Crippen LogP contribution in [0.3, 0.4) is 0 Å². The Balaban J connectivity index is 0.000000784. The van der Waals surface area contributed by atoms with Crippen LogP contribution in [0.1, 0.15) is 58.2 Å². The average molecular weight is 510 g/mol. The molecule has 35 heavy (non-hydrogen) atoms. The van der Waals surface area contributed by atoms with E-state index in [1.165, 1.54) is 22.3 Å². The second-order valence-electron chi connectivity index (χ2n) is 10.8. The first-order chi connectivity index (χ1) is 15.9. The lowest BCUT2D eigenvalue weighted by atomic mass is 9.98. The number of benzene rings is 1. The summed E-state index contributed by atoms with van der Waals surface area (Å²) in [5.74, 6) is 1.75. The lowest BCUT2D eigenvalue weighted by Gasteiger charge is -2.33. The zero-order valence-corrected chi connectivity index (χ0v) is 23.0. The van der Waals surface area contributed by atoms with Crippen LogP contribution in [0.15, 0.2) is 42.6 Å². The molecule has 0 aliphatic heterocycles. The van der Waals surface area contributed by atoms with Crippen molar-refractivity contribution in [3.63, 3.8) is 0 Å². The smallest absolute Gasteiger partial charge is 0.418 e. The van der Waals surface area contributed by atoms with Crippen molar-refractivity contribution in [3.8, 4) is 17.1 Å². The number of anilines is 1. The summed E-state index contributed by atoms with van der Waals surface area (Å²) >= 11 is 0. The summed E-state index contributed by atoms with van der Waals surface area (Å²) in [6.45, 7) is 20.3. The fraction of sp³-hybridized carbons (Fsp3) is 0.440. The van der Waals surface area contributed by atoms with Crippen molar-refractivity contribution in [1.82, 2.24) is 14.8 Å². The number of aromatic nitrogens is 3. The number of hydrogen-bond acceptors (Lipinski definition) is 3. The molecular weight excluding hydrogens is 474 g/mol. The Morgan fingerprint density at radius 3 is 1.86 bits per heavy atom. The van der Waals surface area contributed by atoms with E-state index in [2.05, 4.69) is 97.7 Å². The molecule has 10 heteroatoms. The molecule has 2 heterocycles. The van der Waals surface area contributed by atoms with Crippen molar-refractivity contribution < 1.29 is 17.3 Å². The minimum Gasteiger partial charge on any atom is -0.418 e. The Kier molecular flexibility index (Phi) is 8.81. The van der Waals surface area contributed by atoms with Gasteiger partial charge in [-0.25, -0.2) is 14.8 Å². The highest BCUT2D eigenvalue weighted by atomic mass is 31.1. The number of pyridine rings is 1. The van der Waals surface area contributed by atoms with Gasteiger partial charge < -0.3 is 17.3 Å². The number of hydrogen-bond donors (Lipinski definition) is 1. The lowest BCUT2D eigenvalue weighted by molar-refractivity contribution is 0.368. The predicted octanol–water partition coefficient (Wildman–Crippen LogP) is 8.30. The Bertz CT molecular complexity index is 1100. The van der Waals surface area contributed by atoms with Crippen LogP contribution in [0.25, 0.3) is 17.1 Å². The number of halogens is 4. The first-order valence-electron chi connectivity index (χ1n) is 11.5. The molecule has 0 bridgehead atoms. The summed E-state index contributed by atoms with van der Waals surface area (Å²) in [6, 6.07) is 12.6. The van der Waals surface area contributed by atoms with Gasteiger partial charge in [-0.1, -0.05) is 23.8 Å². The Labute approximate surface area is 207 Å². The Morgan fingerprint density at radius 1 is 0.857 bits per heavy atom. The van der Waals surface area contributed by atoms with Crippen LogP contribution in [0.5, 0.6) is 0 Å². The normalized spacial score (nSPS) is 12.4. The summed E-state index contributed by atoms with van der Waals surface area (Å²) in [5, 5.41) is 9.05. The van der Waals surface area contributed by atoms with E-state index < -0.39 is 15.3 Å². The third-order valence-corrected chi connectivity index (χ3v) is 8.75. The highest BCUT2D eigenvalue weighted by Gasteiger charge is 2.42. The third kappa shape index (κ3) is 8.64. The van der Waals surface area contributed by atoms with Gasteiger partial charge in [-0.05, 0) is 91.6 Å². The fourth-order valence-corrected chi connectivity index (χ4v) is 7.81. The van der Waals surface area contributed by atoms with E-state index in [4.69, 9.17) is 10.1 Å². The number of rotatable bonds is 4. The summed E-state index contributed by atoms with van der Waals surface area (Å²) in [7, 11) is -6.92. The zero-order valence-electron chi connectivity index (χ0n) is 22.0. The predicted molar refractivity (Wildman–Crippen MR) is 143 cm³/mol. The maximum atomic E-state index is 9.75. The van der Waals surface area contributed by atoms with Gasteiger partial charge in [0.25, 0.3) is 0 Å². The molecule has 4 nitrogen and oxygen atoms in total. The van der Waals surface area contributed by atoms with Gasteiger partial charge in [-0.3, -0.25) is 0 Å². The van der Waals surface area contributed by atoms with E-state index in [0.717, 1.165) is 17.3 Å². The summed E-state index contributed by atoms with van der Waals surface area (Å²) in [5.41, 5.74) is 5.98. The molecule has 0 atom stereocenters. The standard InChI is InChI=1S/C25H35N4P.BF4/c1-17-15-18(2)23(19(3)16-17)20-13-14-29(27-20)22-12-10-11-21(26-22)28-30(24(4,5)6)25(7,8)9;2-1(3,4)5/h10-16H,1-9H3,(H,26,28);/q;-1/p+1. The molecule has 0 aliphatic rings. The Hall–Kier alpha value is -2.41. The maximum Gasteiger partial charge on any atom is 0.673 e. The van der Waals surface area contributed by atoms with Gasteiger partial charge >= 0.3 is 7.25 Å². The van der Waals surface area contributed by atoms with Crippen molar-refractivity contribution in [2.75, 3.05) is 5.09 Å². The first-order valence-corrected chi connectivity index (χ1v) is 13.0. The van der Waals surface area contributed by atoms with Crippen molar-refractivity contribution in [3.05, 3.63) is 59.3 Å². The minimum atomic E-state index is -6.00. The van der Waals surface area contributed by atoms with E-state index >= 15 is 0 Å². The van der Waals surface area contributed by atoms with E-state index in [1.54, 1.807) is 0 Å². The molecule has 1 aromatic carbocycles. The van der Waals surface area contributed by atoms with Crippen LogP contribution in [-0.2, 0) is 0 Å². The molecule has 2 aromatic heterocycles. The monoisotopic (exact) mass is 510 g/mol. The molecule has 1 N–H and O–H groups in total. The van der Waals surface area contributed by atoms with Gasteiger partial charge in [0.15, 0.2) is 11.6 Å². The third-order valence-electron chi connectivity index (χ3n) is 5.24. The van der Waals surface area contributed by atoms with Crippen LogP contribution in [0, 0.1) is 20.8 Å². The van der Waals surface area contributed by atoms with E-state index in [1.807, 2.05) is 16.9 Å². The van der Waals surface area contributed by atoms with Crippen LogP contribution >= 0.6 is 8.07 Å². The van der Waals surface area contributed by atoms with Gasteiger partial charge in [0.1, 0.15) is 8.07 Å². The van der Waals surface area contributed by atoms with Crippen molar-refractivity contribution in [2.24, 2.45) is 0 Å². The lowest BCUT2D eigenvalue weighted by Crippen LogP contribution is -2.29. The first kappa shape index (κ1) is 28.8. The Morgan fingerprint density at radius 2 is 1.37 bits per heavy atom. The molecular formula is C25H36BF4N4P. The molecule has 3 aromatic rings. The molecule has 0 fully saturated rings. The number of aryl methyl sites for hydroxylation is 3. The van der Waals surface area contributed by atoms with Gasteiger partial charge in [0.05, 0.1) is 16.0 Å². The molecule has 0 saturated heterocycles. The average Bonchev–Trinajstić information content (AvgIpc) is 3.12. The molecule has 0 unspecified atom stereocenters. The summed E-state index contributed by atoms with van der Waals surface area (Å²) < 4.78 is 40.9. The SMILES string of the molecule is Cc1cc(C)c(-c2ccn(-c3cccc(N[PH+](C(C)(C)C)C(C)(C)C)n3)n2)c(C)c1.F[B-](F)(F)F. The van der Waals surface area contributed by atoms with Crippen LogP contribution in [0.4, 0.5) is 23.1 Å². The maximum absolute atomic E-state index is 9.75. The van der Waals surface area contributed by atoms with Gasteiger partial charge in [0, 0.05) is 11.8 Å². The zero-order chi connectivity index (χ0) is 26.8. The molecule has 0 amide bonds. The summed E-state index contributed by atoms with van der Waals surface area (Å²) in [6.07, 6.45) is 2.00. The van der Waals surface area contributed by atoms with Crippen molar-refractivity contribution in [1.29, 1.82) is 0 Å². The van der Waals surface area contributed by atoms with E-state index in [9.17, 15) is 17.3 Å². The molecule has 0 spiro atoms. The van der Waals surface area contributed by atoms with Gasteiger partial charge in [-0.2, -0.15) is 5.10 Å². The topological polar surface area (TPSA) is 42.7 Å². The molecule has 0 radical (unpaired) electrons. The van der Waals surface area contributed by atoms with E-state index in [-0.39, 0.29) is 10.3 Å². The largest absolute Gasteiger partial charge is 0.673 e. The van der Waals surface area contributed by atoms with Gasteiger partial charge in [-0.15, -0.1) is 0 Å². The van der Waals surface area contributed by atoms with Crippen molar-refractivity contribution >= 4 is 21.1 Å². The second kappa shape index (κ2) is 10.7. The molecule has 0 saturated carbocycles. The number of nitrogens with one attached hydrogen (secondary N) is 1. The van der Waals surface area contributed by atoms with Gasteiger partial charge in [0.2, 0.25) is 0 Å². The summed E-state index contributed by atoms with van der Waals surface area (Å²) in [4.78, 5) is 4.89. The van der Waals surface area contributed by atoms with Crippen molar-refractivity contribution in [2.45, 2.75) is 72.6 Å². The number of nitrogens with zero attached hydrogens (tertiary/aromatic N) is 3. The quantitative estimate of drug-likeness (QED) is 0.218. The minimum absolute atomic E-state index is 0.208. The van der Waals surface area contributed by atoms with E-state index in [0.29, 0.717) is 0 Å². The second-order valence-corrected chi connectivity index (χ2v) is 14.8. The highest BCUT2D eigenvalue weighted by Crippen LogP contribution is 2.58. The van der Waals surface area contributed by atoms with Crippen LogP contribution in [0.2, 0.25) is 0 Å². The van der Waals surface area contributed by atoms with Crippen LogP contribution < -0.4 is 5.09 Å². The highest BCUT2D eigenvalue weighted by molar-refractivity contribution is 7.62. The fourth-order valence-electron chi connectivity index (χ4n) is 4.42.